The molecule has 0 aromatic heterocycles. The van der Waals surface area contributed by atoms with Gasteiger partial charge in [0.05, 0.1) is 11.8 Å². The second-order valence-electron chi connectivity index (χ2n) is 8.83. The number of rotatable bonds is 12. The molecule has 0 fully saturated rings. The van der Waals surface area contributed by atoms with Gasteiger partial charge in [0.25, 0.3) is 0 Å². The molecule has 0 spiro atoms. The molecule has 0 amide bonds. The summed E-state index contributed by atoms with van der Waals surface area (Å²) >= 11 is 0. The van der Waals surface area contributed by atoms with Gasteiger partial charge in [-0.25, -0.2) is 0 Å². The van der Waals surface area contributed by atoms with Crippen LogP contribution < -0.4 is 15.2 Å². The molecule has 1 unspecified atom stereocenters. The van der Waals surface area contributed by atoms with Crippen LogP contribution in [-0.2, 0) is 35.1 Å². The Morgan fingerprint density at radius 2 is 1.32 bits per heavy atom. The Labute approximate surface area is 201 Å². The van der Waals surface area contributed by atoms with E-state index in [1.807, 2.05) is 6.92 Å². The standard InChI is InChI=1S/C25H37NO8/c1-8-9-22(27)31-16(6)17(7)32-25(30)19(26)12-18-10-11-20(33-23(28)14(2)3)21(13-18)34-24(29)15(4)5/h10-11,13-17,19H,8-9,12,26H2,1-7H3/t16?,17-,19-/m0/s1. The minimum atomic E-state index is -1.02. The fourth-order valence-corrected chi connectivity index (χ4v) is 2.57. The van der Waals surface area contributed by atoms with Crippen LogP contribution >= 0.6 is 0 Å². The zero-order valence-corrected chi connectivity index (χ0v) is 21.1. The van der Waals surface area contributed by atoms with Crippen molar-refractivity contribution in [2.45, 2.75) is 86.0 Å². The van der Waals surface area contributed by atoms with E-state index < -0.39 is 42.1 Å². The van der Waals surface area contributed by atoms with Gasteiger partial charge in [0.1, 0.15) is 18.2 Å². The summed E-state index contributed by atoms with van der Waals surface area (Å²) in [5.41, 5.74) is 6.61. The summed E-state index contributed by atoms with van der Waals surface area (Å²) < 4.78 is 21.3. The topological polar surface area (TPSA) is 131 Å². The summed E-state index contributed by atoms with van der Waals surface area (Å²) in [5, 5.41) is 0. The van der Waals surface area contributed by atoms with Crippen LogP contribution in [0.5, 0.6) is 11.5 Å². The highest BCUT2D eigenvalue weighted by molar-refractivity contribution is 5.78. The second kappa shape index (κ2) is 13.7. The van der Waals surface area contributed by atoms with Crippen molar-refractivity contribution in [3.8, 4) is 11.5 Å². The molecule has 0 radical (unpaired) electrons. The number of hydrogen-bond acceptors (Lipinski definition) is 9. The predicted octanol–water partition coefficient (Wildman–Crippen LogP) is 3.34. The molecule has 2 N–H and O–H groups in total. The molecule has 1 aromatic carbocycles. The van der Waals surface area contributed by atoms with E-state index in [0.29, 0.717) is 12.0 Å². The molecule has 0 aliphatic rings. The van der Waals surface area contributed by atoms with Gasteiger partial charge in [0.2, 0.25) is 0 Å². The first-order valence-corrected chi connectivity index (χ1v) is 11.6. The van der Waals surface area contributed by atoms with Gasteiger partial charge in [-0.15, -0.1) is 0 Å². The Morgan fingerprint density at radius 1 is 0.794 bits per heavy atom. The lowest BCUT2D eigenvalue weighted by Crippen LogP contribution is -2.39. The maximum atomic E-state index is 12.5. The van der Waals surface area contributed by atoms with Crippen LogP contribution in [0.1, 0.15) is 66.9 Å². The highest BCUT2D eigenvalue weighted by Crippen LogP contribution is 2.30. The monoisotopic (exact) mass is 479 g/mol. The first-order chi connectivity index (χ1) is 15.8. The maximum absolute atomic E-state index is 12.5. The Morgan fingerprint density at radius 3 is 1.85 bits per heavy atom. The molecular weight excluding hydrogens is 442 g/mol. The predicted molar refractivity (Wildman–Crippen MR) is 125 cm³/mol. The number of nitrogens with two attached hydrogens (primary N) is 1. The molecule has 0 saturated carbocycles. The Bertz CT molecular complexity index is 864. The van der Waals surface area contributed by atoms with Gasteiger partial charge in [0.15, 0.2) is 11.5 Å². The van der Waals surface area contributed by atoms with Gasteiger partial charge in [-0.1, -0.05) is 40.7 Å². The summed E-state index contributed by atoms with van der Waals surface area (Å²) in [6.45, 7) is 11.9. The van der Waals surface area contributed by atoms with Crippen LogP contribution in [0.2, 0.25) is 0 Å². The smallest absolute Gasteiger partial charge is 0.323 e. The third-order valence-corrected chi connectivity index (χ3v) is 4.86. The van der Waals surface area contributed by atoms with E-state index in [4.69, 9.17) is 24.7 Å². The van der Waals surface area contributed by atoms with E-state index in [9.17, 15) is 19.2 Å². The summed E-state index contributed by atoms with van der Waals surface area (Å²) in [6.07, 6.45) is -0.266. The van der Waals surface area contributed by atoms with E-state index in [1.165, 1.54) is 12.1 Å². The first kappa shape index (κ1) is 29.1. The molecule has 3 atom stereocenters. The van der Waals surface area contributed by atoms with Gasteiger partial charge < -0.3 is 24.7 Å². The van der Waals surface area contributed by atoms with Crippen molar-refractivity contribution < 1.29 is 38.1 Å². The quantitative estimate of drug-likeness (QED) is 0.354. The van der Waals surface area contributed by atoms with E-state index in [-0.39, 0.29) is 36.2 Å². The minimum absolute atomic E-state index is 0.0654. The molecule has 1 rings (SSSR count). The number of carbonyl (C=O) groups is 4. The summed E-state index contributed by atoms with van der Waals surface area (Å²) in [4.78, 5) is 48.3. The molecule has 0 heterocycles. The Hall–Kier alpha value is -2.94. The van der Waals surface area contributed by atoms with Crippen LogP contribution in [0.25, 0.3) is 0 Å². The summed E-state index contributed by atoms with van der Waals surface area (Å²) in [6, 6.07) is 3.61. The van der Waals surface area contributed by atoms with Gasteiger partial charge in [-0.05, 0) is 44.4 Å². The fourth-order valence-electron chi connectivity index (χ4n) is 2.57. The largest absolute Gasteiger partial charge is 0.459 e. The molecule has 9 heteroatoms. The Balaban J connectivity index is 2.91. The van der Waals surface area contributed by atoms with Crippen molar-refractivity contribution in [2.24, 2.45) is 17.6 Å². The van der Waals surface area contributed by atoms with Crippen molar-refractivity contribution >= 4 is 23.9 Å². The average molecular weight is 480 g/mol. The van der Waals surface area contributed by atoms with Crippen LogP contribution in [-0.4, -0.2) is 42.1 Å². The first-order valence-electron chi connectivity index (χ1n) is 11.6. The van der Waals surface area contributed by atoms with E-state index in [0.717, 1.165) is 0 Å². The van der Waals surface area contributed by atoms with Crippen molar-refractivity contribution in [1.29, 1.82) is 0 Å². The van der Waals surface area contributed by atoms with E-state index in [2.05, 4.69) is 0 Å². The lowest BCUT2D eigenvalue weighted by molar-refractivity contribution is -0.166. The van der Waals surface area contributed by atoms with Crippen molar-refractivity contribution in [2.75, 3.05) is 0 Å². The maximum Gasteiger partial charge on any atom is 0.323 e. The number of carbonyl (C=O) groups excluding carboxylic acids is 4. The van der Waals surface area contributed by atoms with Crippen LogP contribution in [0, 0.1) is 11.8 Å². The molecule has 0 saturated heterocycles. The van der Waals surface area contributed by atoms with E-state index in [1.54, 1.807) is 47.6 Å². The summed E-state index contributed by atoms with van der Waals surface area (Å²) in [5.74, 6) is -2.60. The van der Waals surface area contributed by atoms with Crippen LogP contribution in [0.15, 0.2) is 18.2 Å². The number of ether oxygens (including phenoxy) is 4. The number of hydrogen-bond donors (Lipinski definition) is 1. The minimum Gasteiger partial charge on any atom is -0.459 e. The lowest BCUT2D eigenvalue weighted by Gasteiger charge is -2.22. The highest BCUT2D eigenvalue weighted by atomic mass is 16.6. The molecule has 9 nitrogen and oxygen atoms in total. The van der Waals surface area contributed by atoms with Crippen molar-refractivity contribution in [3.05, 3.63) is 23.8 Å². The van der Waals surface area contributed by atoms with Crippen LogP contribution in [0.3, 0.4) is 0 Å². The second-order valence-corrected chi connectivity index (χ2v) is 8.83. The van der Waals surface area contributed by atoms with Gasteiger partial charge in [-0.2, -0.15) is 0 Å². The highest BCUT2D eigenvalue weighted by Gasteiger charge is 2.25. The van der Waals surface area contributed by atoms with Gasteiger partial charge in [-0.3, -0.25) is 19.2 Å². The molecule has 1 aromatic rings. The molecule has 34 heavy (non-hydrogen) atoms. The third kappa shape index (κ3) is 9.51. The molecular formula is C25H37NO8. The SMILES string of the molecule is CCCC(=O)OC(C)[C@H](C)OC(=O)[C@@H](N)Cc1ccc(OC(=O)C(C)C)c(OC(=O)C(C)C)c1. The van der Waals surface area contributed by atoms with Crippen molar-refractivity contribution in [3.63, 3.8) is 0 Å². The molecule has 0 aliphatic carbocycles. The Kier molecular flexibility index (Phi) is 11.7. The van der Waals surface area contributed by atoms with E-state index >= 15 is 0 Å². The van der Waals surface area contributed by atoms with Crippen molar-refractivity contribution in [1.82, 2.24) is 0 Å². The summed E-state index contributed by atoms with van der Waals surface area (Å²) in [7, 11) is 0. The van der Waals surface area contributed by atoms with Gasteiger partial charge >= 0.3 is 23.9 Å². The molecule has 0 bridgehead atoms. The normalized spacial score (nSPS) is 13.7. The fraction of sp³-hybridized carbons (Fsp3) is 0.600. The number of benzene rings is 1. The average Bonchev–Trinajstić information content (AvgIpc) is 2.75. The van der Waals surface area contributed by atoms with Gasteiger partial charge in [0, 0.05) is 6.42 Å². The molecule has 0 aliphatic heterocycles. The zero-order valence-electron chi connectivity index (χ0n) is 21.1. The van der Waals surface area contributed by atoms with Crippen LogP contribution in [0.4, 0.5) is 0 Å². The third-order valence-electron chi connectivity index (χ3n) is 4.86. The lowest BCUT2D eigenvalue weighted by atomic mass is 10.1. The molecule has 190 valence electrons. The number of esters is 4. The zero-order chi connectivity index (χ0) is 26.0.